The Balaban J connectivity index is 1.37. The van der Waals surface area contributed by atoms with Crippen molar-refractivity contribution in [2.45, 2.75) is 37.1 Å². The van der Waals surface area contributed by atoms with Crippen LogP contribution in [0.15, 0.2) is 53.6 Å². The normalized spacial score (nSPS) is 23.9. The van der Waals surface area contributed by atoms with E-state index in [9.17, 15) is 8.42 Å². The Hall–Kier alpha value is -1.96. The smallest absolute Gasteiger partial charge is 0.246 e. The first-order valence-electron chi connectivity index (χ1n) is 10.9. The maximum atomic E-state index is 13.5. The first-order chi connectivity index (χ1) is 14.5. The van der Waals surface area contributed by atoms with Crippen LogP contribution in [0.25, 0.3) is 0 Å². The number of sulfonamides is 1. The van der Waals surface area contributed by atoms with Crippen molar-refractivity contribution in [3.8, 4) is 5.75 Å². The Kier molecular flexibility index (Phi) is 5.29. The Bertz CT molecular complexity index is 984. The second-order valence-corrected chi connectivity index (χ2v) is 11.0. The average Bonchev–Trinajstić information content (AvgIpc) is 3.58. The maximum Gasteiger partial charge on any atom is 0.246 e. The summed E-state index contributed by atoms with van der Waals surface area (Å²) in [6.07, 6.45) is 5.96. The molecular formula is C23H29N3O3S. The molecule has 0 atom stereocenters. The number of aromatic nitrogens is 1. The van der Waals surface area contributed by atoms with Crippen LogP contribution < -0.4 is 4.74 Å². The fourth-order valence-electron chi connectivity index (χ4n) is 4.62. The number of rotatable bonds is 4. The van der Waals surface area contributed by atoms with Gasteiger partial charge in [-0.1, -0.05) is 18.2 Å². The summed E-state index contributed by atoms with van der Waals surface area (Å²) in [7, 11) is -3.55. The van der Waals surface area contributed by atoms with Gasteiger partial charge in [-0.2, -0.15) is 4.31 Å². The van der Waals surface area contributed by atoms with E-state index in [4.69, 9.17) is 4.74 Å². The molecule has 1 spiro atoms. The van der Waals surface area contributed by atoms with Crippen molar-refractivity contribution in [1.82, 2.24) is 14.2 Å². The van der Waals surface area contributed by atoms with Gasteiger partial charge in [0.05, 0.1) is 12.3 Å². The van der Waals surface area contributed by atoms with Gasteiger partial charge >= 0.3 is 0 Å². The third kappa shape index (κ3) is 4.11. The lowest BCUT2D eigenvalue weighted by atomic mass is 9.78. The summed E-state index contributed by atoms with van der Waals surface area (Å²) in [6, 6.07) is 13.1. The Morgan fingerprint density at radius 2 is 1.83 bits per heavy atom. The van der Waals surface area contributed by atoms with E-state index in [1.807, 2.05) is 24.4 Å². The molecule has 0 bridgehead atoms. The topological polar surface area (TPSA) is 62.7 Å². The van der Waals surface area contributed by atoms with Crippen LogP contribution in [0.3, 0.4) is 0 Å². The van der Waals surface area contributed by atoms with E-state index in [-0.39, 0.29) is 5.41 Å². The summed E-state index contributed by atoms with van der Waals surface area (Å²) >= 11 is 0. The van der Waals surface area contributed by atoms with Crippen LogP contribution in [-0.4, -0.2) is 55.4 Å². The quantitative estimate of drug-likeness (QED) is 0.750. The zero-order chi connectivity index (χ0) is 20.6. The molecule has 6 nitrogen and oxygen atoms in total. The van der Waals surface area contributed by atoms with Crippen LogP contribution in [-0.2, 0) is 16.6 Å². The summed E-state index contributed by atoms with van der Waals surface area (Å²) in [5.41, 5.74) is 0.935. The summed E-state index contributed by atoms with van der Waals surface area (Å²) in [5, 5.41) is 0. The molecule has 1 aromatic heterocycles. The highest BCUT2D eigenvalue weighted by molar-refractivity contribution is 7.89. The van der Waals surface area contributed by atoms with Gasteiger partial charge in [-0.25, -0.2) is 8.42 Å². The van der Waals surface area contributed by atoms with E-state index in [2.05, 4.69) is 16.0 Å². The van der Waals surface area contributed by atoms with Gasteiger partial charge in [0.25, 0.3) is 0 Å². The minimum atomic E-state index is -3.55. The zero-order valence-corrected chi connectivity index (χ0v) is 18.1. The molecule has 0 N–H and O–H groups in total. The van der Waals surface area contributed by atoms with Crippen LogP contribution in [0.2, 0.25) is 0 Å². The van der Waals surface area contributed by atoms with E-state index in [1.165, 1.54) is 0 Å². The molecule has 0 radical (unpaired) electrons. The van der Waals surface area contributed by atoms with Crippen LogP contribution in [0.1, 0.15) is 31.4 Å². The monoisotopic (exact) mass is 427 g/mol. The number of likely N-dealkylation sites (tertiary alicyclic amines) is 1. The van der Waals surface area contributed by atoms with Crippen molar-refractivity contribution in [1.29, 1.82) is 0 Å². The number of nitrogens with zero attached hydrogens (tertiary/aromatic N) is 3. The van der Waals surface area contributed by atoms with Crippen LogP contribution in [0.5, 0.6) is 5.75 Å². The SMILES string of the molecule is O=S1(=O)c2ccccc2OCC2(CCN(Cc3ccccn3)CC2)CN1CC1CC1. The van der Waals surface area contributed by atoms with E-state index in [1.54, 1.807) is 22.5 Å². The molecule has 2 aromatic rings. The number of hydrogen-bond donors (Lipinski definition) is 0. The number of para-hydroxylation sites is 1. The predicted molar refractivity (Wildman–Crippen MR) is 115 cm³/mol. The fraction of sp³-hybridized carbons (Fsp3) is 0.522. The Labute approximate surface area is 178 Å². The van der Waals surface area contributed by atoms with Crippen molar-refractivity contribution >= 4 is 10.0 Å². The number of piperidine rings is 1. The van der Waals surface area contributed by atoms with Gasteiger partial charge in [0.1, 0.15) is 10.6 Å². The highest BCUT2D eigenvalue weighted by atomic mass is 32.2. The van der Waals surface area contributed by atoms with Crippen molar-refractivity contribution in [3.63, 3.8) is 0 Å². The van der Waals surface area contributed by atoms with E-state index in [0.29, 0.717) is 36.3 Å². The second-order valence-electron chi connectivity index (χ2n) is 9.07. The van der Waals surface area contributed by atoms with Crippen molar-refractivity contribution in [2.75, 3.05) is 32.8 Å². The van der Waals surface area contributed by atoms with Gasteiger partial charge in [-0.3, -0.25) is 9.88 Å². The van der Waals surface area contributed by atoms with Gasteiger partial charge in [0, 0.05) is 31.2 Å². The standard InChI is InChI=1S/C23H29N3O3S/c27-30(28)22-7-2-1-6-21(22)29-18-23(17-26(30)15-19-8-9-19)10-13-25(14-11-23)16-20-5-3-4-12-24-20/h1-7,12,19H,8-11,13-18H2. The molecule has 2 fully saturated rings. The number of benzene rings is 1. The largest absolute Gasteiger partial charge is 0.492 e. The molecule has 0 unspecified atom stereocenters. The fourth-order valence-corrected chi connectivity index (χ4v) is 6.38. The molecule has 7 heteroatoms. The van der Waals surface area contributed by atoms with E-state index in [0.717, 1.165) is 51.0 Å². The molecule has 1 aliphatic carbocycles. The molecule has 2 aliphatic heterocycles. The lowest BCUT2D eigenvalue weighted by Gasteiger charge is -2.45. The van der Waals surface area contributed by atoms with E-state index < -0.39 is 10.0 Å². The minimum absolute atomic E-state index is 0.143. The first-order valence-corrected chi connectivity index (χ1v) is 12.3. The van der Waals surface area contributed by atoms with Crippen molar-refractivity contribution < 1.29 is 13.2 Å². The summed E-state index contributed by atoms with van der Waals surface area (Å²) in [4.78, 5) is 7.18. The summed E-state index contributed by atoms with van der Waals surface area (Å²) in [5.74, 6) is 1.00. The van der Waals surface area contributed by atoms with Crippen LogP contribution >= 0.6 is 0 Å². The van der Waals surface area contributed by atoms with Crippen molar-refractivity contribution in [2.24, 2.45) is 11.3 Å². The molecule has 1 aromatic carbocycles. The first kappa shape index (κ1) is 20.0. The molecule has 0 amide bonds. The van der Waals surface area contributed by atoms with Gasteiger partial charge < -0.3 is 4.74 Å². The highest BCUT2D eigenvalue weighted by Gasteiger charge is 2.44. The number of fused-ring (bicyclic) bond motifs is 1. The summed E-state index contributed by atoms with van der Waals surface area (Å²) < 4.78 is 34.9. The Morgan fingerprint density at radius 3 is 2.57 bits per heavy atom. The van der Waals surface area contributed by atoms with Gasteiger partial charge in [0.2, 0.25) is 10.0 Å². The van der Waals surface area contributed by atoms with Crippen LogP contribution in [0.4, 0.5) is 0 Å². The molecule has 1 saturated heterocycles. The molecule has 160 valence electrons. The van der Waals surface area contributed by atoms with Gasteiger partial charge in [0.15, 0.2) is 0 Å². The average molecular weight is 428 g/mol. The molecule has 30 heavy (non-hydrogen) atoms. The predicted octanol–water partition coefficient (Wildman–Crippen LogP) is 3.16. The highest BCUT2D eigenvalue weighted by Crippen LogP contribution is 2.41. The molecular weight excluding hydrogens is 398 g/mol. The molecule has 5 rings (SSSR count). The zero-order valence-electron chi connectivity index (χ0n) is 17.2. The van der Waals surface area contributed by atoms with Gasteiger partial charge in [-0.15, -0.1) is 0 Å². The lowest BCUT2D eigenvalue weighted by molar-refractivity contribution is 0.0316. The minimum Gasteiger partial charge on any atom is -0.492 e. The van der Waals surface area contributed by atoms with E-state index >= 15 is 0 Å². The van der Waals surface area contributed by atoms with Crippen molar-refractivity contribution in [3.05, 3.63) is 54.4 Å². The number of ether oxygens (including phenoxy) is 1. The molecule has 1 saturated carbocycles. The third-order valence-corrected chi connectivity index (χ3v) is 8.55. The lowest BCUT2D eigenvalue weighted by Crippen LogP contribution is -2.51. The maximum absolute atomic E-state index is 13.5. The summed E-state index contributed by atoms with van der Waals surface area (Å²) in [6.45, 7) is 4.45. The number of pyridine rings is 1. The molecule has 3 heterocycles. The second kappa shape index (κ2) is 7.94. The molecule has 3 aliphatic rings. The Morgan fingerprint density at radius 1 is 1.07 bits per heavy atom. The van der Waals surface area contributed by atoms with Gasteiger partial charge in [-0.05, 0) is 69.0 Å². The third-order valence-electron chi connectivity index (χ3n) is 6.70. The van der Waals surface area contributed by atoms with Crippen LogP contribution in [0, 0.1) is 11.3 Å². The number of hydrogen-bond acceptors (Lipinski definition) is 5.